The first-order chi connectivity index (χ1) is 8.65. The molecule has 0 saturated heterocycles. The highest BCUT2D eigenvalue weighted by Gasteiger charge is 2.23. The molecule has 0 radical (unpaired) electrons. The second-order valence-electron chi connectivity index (χ2n) is 5.70. The zero-order chi connectivity index (χ0) is 14.8. The summed E-state index contributed by atoms with van der Waals surface area (Å²) in [5.41, 5.74) is 9.16. The van der Waals surface area contributed by atoms with Gasteiger partial charge in [0.2, 0.25) is 0 Å². The van der Waals surface area contributed by atoms with Gasteiger partial charge in [0.15, 0.2) is 0 Å². The molecule has 1 aromatic rings. The highest BCUT2D eigenvalue weighted by atomic mass is 32.1. The third-order valence-electron chi connectivity index (χ3n) is 3.26. The minimum atomic E-state index is -0.377. The number of carbonyl (C=O) groups excluding carboxylic acids is 1. The Morgan fingerprint density at radius 2 is 1.74 bits per heavy atom. The van der Waals surface area contributed by atoms with Crippen LogP contribution < -0.4 is 11.1 Å². The van der Waals surface area contributed by atoms with Crippen LogP contribution in [0, 0.1) is 26.2 Å². The highest BCUT2D eigenvalue weighted by Crippen LogP contribution is 2.18. The number of hydrogen-bond acceptors (Lipinski definition) is 2. The second-order valence-corrected chi connectivity index (χ2v) is 6.14. The molecule has 1 aromatic carbocycles. The molecule has 104 valence electrons. The number of nitrogens with one attached hydrogen (secondary N) is 1. The fraction of sp³-hybridized carbons (Fsp3) is 0.467. The fourth-order valence-corrected chi connectivity index (χ4v) is 2.09. The van der Waals surface area contributed by atoms with E-state index < -0.39 is 0 Å². The smallest absolute Gasteiger partial charge is 0.251 e. The van der Waals surface area contributed by atoms with Crippen molar-refractivity contribution in [2.24, 2.45) is 11.1 Å². The van der Waals surface area contributed by atoms with Crippen LogP contribution in [-0.2, 0) is 0 Å². The number of aryl methyl sites for hydroxylation is 3. The summed E-state index contributed by atoms with van der Waals surface area (Å²) in [6, 6.07) is 4.03. The van der Waals surface area contributed by atoms with Crippen LogP contribution in [0.25, 0.3) is 0 Å². The van der Waals surface area contributed by atoms with Gasteiger partial charge >= 0.3 is 0 Å². The molecule has 0 unspecified atom stereocenters. The second kappa shape index (κ2) is 5.70. The lowest BCUT2D eigenvalue weighted by molar-refractivity contribution is 0.0944. The zero-order valence-electron chi connectivity index (χ0n) is 12.3. The lowest BCUT2D eigenvalue weighted by Gasteiger charge is -2.23. The van der Waals surface area contributed by atoms with Crippen molar-refractivity contribution >= 4 is 23.1 Å². The van der Waals surface area contributed by atoms with Gasteiger partial charge in [0.25, 0.3) is 5.91 Å². The lowest BCUT2D eigenvalue weighted by Crippen LogP contribution is -2.41. The van der Waals surface area contributed by atoms with Crippen LogP contribution in [0.1, 0.15) is 40.9 Å². The standard InChI is InChI=1S/C15H22N2OS/c1-9-6-10(2)12(11(3)7-9)13(18)17-8-15(4,5)14(16)19/h6-7H,8H2,1-5H3,(H2,16,19)(H,17,18). The largest absolute Gasteiger partial charge is 0.393 e. The maximum Gasteiger partial charge on any atom is 0.251 e. The van der Waals surface area contributed by atoms with Crippen molar-refractivity contribution < 1.29 is 4.79 Å². The van der Waals surface area contributed by atoms with Crippen molar-refractivity contribution in [3.63, 3.8) is 0 Å². The molecular formula is C15H22N2OS. The maximum atomic E-state index is 12.3. The van der Waals surface area contributed by atoms with Crippen LogP contribution in [-0.4, -0.2) is 17.4 Å². The molecule has 1 rings (SSSR count). The quantitative estimate of drug-likeness (QED) is 0.833. The van der Waals surface area contributed by atoms with Gasteiger partial charge in [-0.3, -0.25) is 4.79 Å². The molecule has 0 heterocycles. The third kappa shape index (κ3) is 3.77. The van der Waals surface area contributed by atoms with E-state index in [1.165, 1.54) is 0 Å². The van der Waals surface area contributed by atoms with Crippen LogP contribution >= 0.6 is 12.2 Å². The van der Waals surface area contributed by atoms with E-state index in [-0.39, 0.29) is 11.3 Å². The Morgan fingerprint density at radius 3 is 2.16 bits per heavy atom. The maximum absolute atomic E-state index is 12.3. The number of rotatable bonds is 4. The number of carbonyl (C=O) groups is 1. The number of nitrogens with two attached hydrogens (primary N) is 1. The van der Waals surface area contributed by atoms with Gasteiger partial charge in [0, 0.05) is 17.5 Å². The van der Waals surface area contributed by atoms with Crippen molar-refractivity contribution in [2.45, 2.75) is 34.6 Å². The van der Waals surface area contributed by atoms with Crippen LogP contribution in [0.4, 0.5) is 0 Å². The first-order valence-electron chi connectivity index (χ1n) is 6.31. The summed E-state index contributed by atoms with van der Waals surface area (Å²) in [4.78, 5) is 12.7. The zero-order valence-corrected chi connectivity index (χ0v) is 13.1. The summed E-state index contributed by atoms with van der Waals surface area (Å²) in [5, 5.41) is 2.92. The summed E-state index contributed by atoms with van der Waals surface area (Å²) in [7, 11) is 0. The Labute approximate surface area is 120 Å². The SMILES string of the molecule is Cc1cc(C)c(C(=O)NCC(C)(C)C(N)=S)c(C)c1. The van der Waals surface area contributed by atoms with Crippen LogP contribution in [0.2, 0.25) is 0 Å². The molecule has 0 saturated carbocycles. The molecule has 0 aliphatic rings. The Bertz CT molecular complexity index is 498. The molecule has 1 amide bonds. The first kappa shape index (κ1) is 15.6. The van der Waals surface area contributed by atoms with Gasteiger partial charge in [-0.1, -0.05) is 43.8 Å². The number of thiocarbonyl (C=S) groups is 1. The van der Waals surface area contributed by atoms with Gasteiger partial charge in [-0.2, -0.15) is 0 Å². The molecule has 3 N–H and O–H groups in total. The Balaban J connectivity index is 2.89. The van der Waals surface area contributed by atoms with Gasteiger partial charge < -0.3 is 11.1 Å². The van der Waals surface area contributed by atoms with E-state index in [4.69, 9.17) is 18.0 Å². The number of hydrogen-bond donors (Lipinski definition) is 2. The average molecular weight is 278 g/mol. The van der Waals surface area contributed by atoms with Gasteiger partial charge in [-0.15, -0.1) is 0 Å². The Kier molecular flexibility index (Phi) is 4.69. The van der Waals surface area contributed by atoms with E-state index >= 15 is 0 Å². The predicted octanol–water partition coefficient (Wildman–Crippen LogP) is 2.65. The molecular weight excluding hydrogens is 256 g/mol. The first-order valence-corrected chi connectivity index (χ1v) is 6.72. The van der Waals surface area contributed by atoms with Crippen LogP contribution in [0.5, 0.6) is 0 Å². The average Bonchev–Trinajstić information content (AvgIpc) is 2.24. The topological polar surface area (TPSA) is 55.1 Å². The van der Waals surface area contributed by atoms with E-state index in [1.807, 2.05) is 46.8 Å². The van der Waals surface area contributed by atoms with Gasteiger partial charge in [0.1, 0.15) is 0 Å². The molecule has 3 nitrogen and oxygen atoms in total. The molecule has 0 aromatic heterocycles. The van der Waals surface area contributed by atoms with E-state index in [0.29, 0.717) is 11.5 Å². The van der Waals surface area contributed by atoms with E-state index in [1.54, 1.807) is 0 Å². The monoisotopic (exact) mass is 278 g/mol. The van der Waals surface area contributed by atoms with Crippen LogP contribution in [0.3, 0.4) is 0 Å². The summed E-state index contributed by atoms with van der Waals surface area (Å²) in [6.45, 7) is 10.2. The molecule has 0 bridgehead atoms. The van der Waals surface area contributed by atoms with Crippen molar-refractivity contribution in [3.05, 3.63) is 34.4 Å². The lowest BCUT2D eigenvalue weighted by atomic mass is 9.93. The normalized spacial score (nSPS) is 11.2. The summed E-state index contributed by atoms with van der Waals surface area (Å²) in [5.74, 6) is -0.0701. The Morgan fingerprint density at radius 1 is 1.26 bits per heavy atom. The number of benzene rings is 1. The molecule has 0 fully saturated rings. The van der Waals surface area contributed by atoms with Gasteiger partial charge in [-0.25, -0.2) is 0 Å². The Hall–Kier alpha value is -1.42. The molecule has 0 aliphatic carbocycles. The third-order valence-corrected chi connectivity index (χ3v) is 3.81. The van der Waals surface area contributed by atoms with E-state index in [9.17, 15) is 4.79 Å². The number of amides is 1. The minimum absolute atomic E-state index is 0.0701. The van der Waals surface area contributed by atoms with Crippen molar-refractivity contribution in [1.82, 2.24) is 5.32 Å². The predicted molar refractivity (Wildman–Crippen MR) is 83.6 cm³/mol. The molecule has 19 heavy (non-hydrogen) atoms. The summed E-state index contributed by atoms with van der Waals surface area (Å²) >= 11 is 5.00. The van der Waals surface area contributed by atoms with Gasteiger partial charge in [0.05, 0.1) is 4.99 Å². The molecule has 0 spiro atoms. The van der Waals surface area contributed by atoms with Gasteiger partial charge in [-0.05, 0) is 31.9 Å². The summed E-state index contributed by atoms with van der Waals surface area (Å²) < 4.78 is 0. The highest BCUT2D eigenvalue weighted by molar-refractivity contribution is 7.80. The van der Waals surface area contributed by atoms with E-state index in [2.05, 4.69) is 5.32 Å². The summed E-state index contributed by atoms with van der Waals surface area (Å²) in [6.07, 6.45) is 0. The van der Waals surface area contributed by atoms with E-state index in [0.717, 1.165) is 22.3 Å². The molecule has 0 aliphatic heterocycles. The fourth-order valence-electron chi connectivity index (χ4n) is 2.01. The molecule has 4 heteroatoms. The molecule has 0 atom stereocenters. The van der Waals surface area contributed by atoms with Crippen LogP contribution in [0.15, 0.2) is 12.1 Å². The van der Waals surface area contributed by atoms with Crippen molar-refractivity contribution in [1.29, 1.82) is 0 Å². The van der Waals surface area contributed by atoms with Crippen molar-refractivity contribution in [3.8, 4) is 0 Å². The minimum Gasteiger partial charge on any atom is -0.393 e. The van der Waals surface area contributed by atoms with Crippen molar-refractivity contribution in [2.75, 3.05) is 6.54 Å².